The van der Waals surface area contributed by atoms with Gasteiger partial charge in [0.05, 0.1) is 0 Å². The van der Waals surface area contributed by atoms with Gasteiger partial charge >= 0.3 is 0 Å². The van der Waals surface area contributed by atoms with Crippen LogP contribution in [0.5, 0.6) is 0 Å². The molecular formula is C20H18N2O6S2. The maximum absolute atomic E-state index is 11.1. The third-order valence-electron chi connectivity index (χ3n) is 4.39. The van der Waals surface area contributed by atoms with Gasteiger partial charge in [-0.2, -0.15) is 16.8 Å². The monoisotopic (exact) mass is 446 g/mol. The van der Waals surface area contributed by atoms with Gasteiger partial charge in [-0.05, 0) is 24.3 Å². The van der Waals surface area contributed by atoms with E-state index in [1.165, 1.54) is 18.2 Å². The van der Waals surface area contributed by atoms with E-state index in [9.17, 15) is 16.8 Å². The fourth-order valence-corrected chi connectivity index (χ4v) is 4.45. The summed E-state index contributed by atoms with van der Waals surface area (Å²) in [4.78, 5) is -0.236. The largest absolute Gasteiger partial charge is 0.398 e. The topological polar surface area (TPSA) is 161 Å². The molecule has 0 fully saturated rings. The Hall–Kier alpha value is -3.18. The highest BCUT2D eigenvalue weighted by molar-refractivity contribution is 7.86. The first kappa shape index (κ1) is 21.5. The Bertz CT molecular complexity index is 1400. The highest BCUT2D eigenvalue weighted by Gasteiger charge is 2.15. The van der Waals surface area contributed by atoms with Crippen LogP contribution in [0.4, 0.5) is 11.4 Å². The normalized spacial score (nSPS) is 11.8. The predicted molar refractivity (Wildman–Crippen MR) is 116 cm³/mol. The summed E-state index contributed by atoms with van der Waals surface area (Å²) in [6.07, 6.45) is 0. The molecule has 0 aliphatic heterocycles. The van der Waals surface area contributed by atoms with Gasteiger partial charge < -0.3 is 11.5 Å². The smallest absolute Gasteiger partial charge is 0.295 e. The van der Waals surface area contributed by atoms with E-state index in [0.29, 0.717) is 32.9 Å². The maximum Gasteiger partial charge on any atom is 0.295 e. The number of nitrogens with two attached hydrogens (primary N) is 2. The number of anilines is 2. The van der Waals surface area contributed by atoms with Crippen molar-refractivity contribution in [1.29, 1.82) is 0 Å². The molecule has 8 nitrogen and oxygen atoms in total. The van der Waals surface area contributed by atoms with E-state index in [0.717, 1.165) is 0 Å². The Balaban J connectivity index is 0.000000171. The van der Waals surface area contributed by atoms with Crippen molar-refractivity contribution in [2.45, 2.75) is 9.79 Å². The standard InChI is InChI=1S/2C10H9NO3S/c11-9-5-1-4-8-7(9)3-2-6-10(8)15(12,13)14;11-9-5-6-10(15(12,13)14)8-4-2-1-3-7(8)9/h2*1-6H,11H2,(H,12,13,14). The Morgan fingerprint density at radius 2 is 0.900 bits per heavy atom. The van der Waals surface area contributed by atoms with E-state index >= 15 is 0 Å². The quantitative estimate of drug-likeness (QED) is 0.269. The van der Waals surface area contributed by atoms with Gasteiger partial charge in [0.15, 0.2) is 0 Å². The second-order valence-corrected chi connectivity index (χ2v) is 9.13. The molecule has 0 radical (unpaired) electrons. The van der Waals surface area contributed by atoms with Crippen molar-refractivity contribution in [2.75, 3.05) is 11.5 Å². The van der Waals surface area contributed by atoms with Crippen LogP contribution in [0, 0.1) is 0 Å². The first-order chi connectivity index (χ1) is 14.0. The molecule has 0 aliphatic carbocycles. The minimum absolute atomic E-state index is 0.118. The van der Waals surface area contributed by atoms with Crippen LogP contribution in [0.15, 0.2) is 82.6 Å². The Morgan fingerprint density at radius 1 is 0.500 bits per heavy atom. The molecule has 0 aromatic heterocycles. The summed E-state index contributed by atoms with van der Waals surface area (Å²) >= 11 is 0. The molecule has 0 bridgehead atoms. The van der Waals surface area contributed by atoms with E-state index in [2.05, 4.69) is 0 Å². The van der Waals surface area contributed by atoms with Gasteiger partial charge in [0, 0.05) is 32.9 Å². The van der Waals surface area contributed by atoms with E-state index in [4.69, 9.17) is 20.6 Å². The summed E-state index contributed by atoms with van der Waals surface area (Å²) in [5, 5.41) is 2.10. The number of rotatable bonds is 2. The molecule has 0 saturated heterocycles. The third-order valence-corrected chi connectivity index (χ3v) is 6.21. The molecule has 156 valence electrons. The molecule has 0 unspecified atom stereocenters. The molecule has 4 rings (SSSR count). The van der Waals surface area contributed by atoms with E-state index in [1.807, 2.05) is 0 Å². The first-order valence-electron chi connectivity index (χ1n) is 8.49. The lowest BCUT2D eigenvalue weighted by atomic mass is 10.1. The Morgan fingerprint density at radius 3 is 1.47 bits per heavy atom. The fourth-order valence-electron chi connectivity index (χ4n) is 3.05. The Labute approximate surface area is 173 Å². The lowest BCUT2D eigenvalue weighted by Crippen LogP contribution is -2.00. The van der Waals surface area contributed by atoms with Gasteiger partial charge in [-0.25, -0.2) is 0 Å². The van der Waals surface area contributed by atoms with E-state index in [-0.39, 0.29) is 9.79 Å². The zero-order valence-electron chi connectivity index (χ0n) is 15.4. The summed E-state index contributed by atoms with van der Waals surface area (Å²) < 4.78 is 62.3. The van der Waals surface area contributed by atoms with Crippen LogP contribution in [0.3, 0.4) is 0 Å². The highest BCUT2D eigenvalue weighted by Crippen LogP contribution is 2.28. The number of fused-ring (bicyclic) bond motifs is 2. The summed E-state index contributed by atoms with van der Waals surface area (Å²) in [6.45, 7) is 0. The van der Waals surface area contributed by atoms with E-state index < -0.39 is 20.2 Å². The molecule has 10 heteroatoms. The SMILES string of the molecule is Nc1ccc(S(=O)(=O)O)c2ccccc12.Nc1cccc2c(S(=O)(=O)O)cccc12. The van der Waals surface area contributed by atoms with Gasteiger partial charge in [-0.1, -0.05) is 48.5 Å². The number of benzene rings is 4. The van der Waals surface area contributed by atoms with Crippen LogP contribution in [0.25, 0.3) is 21.5 Å². The number of hydrogen-bond donors (Lipinski definition) is 4. The van der Waals surface area contributed by atoms with Gasteiger partial charge in [0.1, 0.15) is 9.79 Å². The average Bonchev–Trinajstić information content (AvgIpc) is 2.67. The minimum atomic E-state index is -4.20. The molecule has 30 heavy (non-hydrogen) atoms. The molecule has 0 saturated carbocycles. The molecule has 6 N–H and O–H groups in total. The zero-order chi connectivity index (χ0) is 22.1. The van der Waals surface area contributed by atoms with Crippen LogP contribution in [-0.2, 0) is 20.2 Å². The van der Waals surface area contributed by atoms with Gasteiger partial charge in [-0.3, -0.25) is 9.11 Å². The third kappa shape index (κ3) is 4.36. The van der Waals surface area contributed by atoms with Gasteiger partial charge in [0.25, 0.3) is 20.2 Å². The molecule has 4 aromatic rings. The molecule has 0 aliphatic rings. The lowest BCUT2D eigenvalue weighted by Gasteiger charge is -2.05. The van der Waals surface area contributed by atoms with Crippen molar-refractivity contribution in [1.82, 2.24) is 0 Å². The van der Waals surface area contributed by atoms with Crippen LogP contribution in [-0.4, -0.2) is 25.9 Å². The van der Waals surface area contributed by atoms with Crippen molar-refractivity contribution >= 4 is 53.2 Å². The summed E-state index contributed by atoms with van der Waals surface area (Å²) in [7, 11) is -8.40. The fraction of sp³-hybridized carbons (Fsp3) is 0. The molecular weight excluding hydrogens is 428 g/mol. The molecule has 0 heterocycles. The van der Waals surface area contributed by atoms with E-state index in [1.54, 1.807) is 54.6 Å². The van der Waals surface area contributed by atoms with Crippen LogP contribution in [0.2, 0.25) is 0 Å². The minimum Gasteiger partial charge on any atom is -0.398 e. The van der Waals surface area contributed by atoms with Crippen molar-refractivity contribution in [2.24, 2.45) is 0 Å². The Kier molecular flexibility index (Phi) is 5.68. The van der Waals surface area contributed by atoms with Crippen LogP contribution in [0.1, 0.15) is 0 Å². The highest BCUT2D eigenvalue weighted by atomic mass is 32.2. The summed E-state index contributed by atoms with van der Waals surface area (Å²) in [5.41, 5.74) is 12.4. The number of hydrogen-bond acceptors (Lipinski definition) is 6. The molecule has 0 spiro atoms. The van der Waals surface area contributed by atoms with Crippen LogP contribution >= 0.6 is 0 Å². The summed E-state index contributed by atoms with van der Waals surface area (Å²) in [5.74, 6) is 0. The second-order valence-electron chi connectivity index (χ2n) is 6.35. The van der Waals surface area contributed by atoms with Crippen LogP contribution < -0.4 is 11.5 Å². The molecule has 0 atom stereocenters. The van der Waals surface area contributed by atoms with Crippen molar-refractivity contribution in [3.8, 4) is 0 Å². The first-order valence-corrected chi connectivity index (χ1v) is 11.4. The van der Waals surface area contributed by atoms with Gasteiger partial charge in [0.2, 0.25) is 0 Å². The number of nitrogen functional groups attached to an aromatic ring is 2. The molecule has 4 aromatic carbocycles. The zero-order valence-corrected chi connectivity index (χ0v) is 17.1. The summed E-state index contributed by atoms with van der Waals surface area (Å²) in [6, 6.07) is 19.0. The lowest BCUT2D eigenvalue weighted by molar-refractivity contribution is 0.482. The van der Waals surface area contributed by atoms with Gasteiger partial charge in [-0.15, -0.1) is 0 Å². The molecule has 0 amide bonds. The maximum atomic E-state index is 11.1. The van der Waals surface area contributed by atoms with Crippen molar-refractivity contribution in [3.05, 3.63) is 72.8 Å². The van der Waals surface area contributed by atoms with Crippen molar-refractivity contribution in [3.63, 3.8) is 0 Å². The van der Waals surface area contributed by atoms with Crippen molar-refractivity contribution < 1.29 is 25.9 Å². The predicted octanol–water partition coefficient (Wildman–Crippen LogP) is 3.34. The average molecular weight is 447 g/mol. The second kappa shape index (κ2) is 7.92.